The zero-order chi connectivity index (χ0) is 19.2. The van der Waals surface area contributed by atoms with E-state index in [0.717, 1.165) is 0 Å². The van der Waals surface area contributed by atoms with Crippen molar-refractivity contribution in [2.45, 2.75) is 0 Å². The van der Waals surface area contributed by atoms with Gasteiger partial charge in [0, 0.05) is 37.9 Å². The maximum absolute atomic E-state index is 13.8. The van der Waals surface area contributed by atoms with Gasteiger partial charge < -0.3 is 15.0 Å². The number of amides is 2. The molecular weight excluding hydrogens is 349 g/mol. The Balaban J connectivity index is 1.49. The Labute approximate surface area is 157 Å². The van der Waals surface area contributed by atoms with Gasteiger partial charge in [-0.1, -0.05) is 18.2 Å². The summed E-state index contributed by atoms with van der Waals surface area (Å²) in [6.45, 7) is 2.27. The van der Waals surface area contributed by atoms with E-state index >= 15 is 0 Å². The van der Waals surface area contributed by atoms with Crippen LogP contribution in [0, 0.1) is 5.82 Å². The third-order valence-electron chi connectivity index (χ3n) is 4.48. The van der Waals surface area contributed by atoms with Gasteiger partial charge in [-0.3, -0.25) is 14.5 Å². The van der Waals surface area contributed by atoms with E-state index in [1.807, 2.05) is 17.0 Å². The molecule has 1 heterocycles. The molecule has 6 nitrogen and oxygen atoms in total. The van der Waals surface area contributed by atoms with Crippen molar-refractivity contribution in [3.8, 4) is 5.75 Å². The number of nitrogens with one attached hydrogen (secondary N) is 1. The molecule has 1 saturated heterocycles. The van der Waals surface area contributed by atoms with Crippen molar-refractivity contribution in [1.82, 2.24) is 9.80 Å². The fourth-order valence-electron chi connectivity index (χ4n) is 3.02. The summed E-state index contributed by atoms with van der Waals surface area (Å²) in [4.78, 5) is 28.3. The van der Waals surface area contributed by atoms with Crippen LogP contribution in [0.3, 0.4) is 0 Å². The summed E-state index contributed by atoms with van der Waals surface area (Å²) in [6, 6.07) is 13.1. The smallest absolute Gasteiger partial charge is 0.256 e. The van der Waals surface area contributed by atoms with Crippen LogP contribution >= 0.6 is 0 Å². The molecule has 142 valence electrons. The predicted molar refractivity (Wildman–Crippen MR) is 100 cm³/mol. The molecule has 1 aliphatic rings. The Kier molecular flexibility index (Phi) is 6.03. The van der Waals surface area contributed by atoms with E-state index in [4.69, 9.17) is 4.74 Å². The molecule has 0 unspecified atom stereocenters. The number of piperazine rings is 1. The molecule has 27 heavy (non-hydrogen) atoms. The first-order chi connectivity index (χ1) is 13.1. The molecule has 1 N–H and O–H groups in total. The summed E-state index contributed by atoms with van der Waals surface area (Å²) in [6.07, 6.45) is 0. The van der Waals surface area contributed by atoms with Gasteiger partial charge in [0.1, 0.15) is 11.6 Å². The van der Waals surface area contributed by atoms with Crippen molar-refractivity contribution in [3.63, 3.8) is 0 Å². The number of carbonyl (C=O) groups is 2. The van der Waals surface area contributed by atoms with Crippen molar-refractivity contribution in [3.05, 3.63) is 59.9 Å². The topological polar surface area (TPSA) is 61.9 Å². The Morgan fingerprint density at radius 1 is 1.07 bits per heavy atom. The maximum Gasteiger partial charge on any atom is 0.256 e. The molecule has 7 heteroatoms. The molecule has 2 amide bonds. The van der Waals surface area contributed by atoms with Gasteiger partial charge in [0.15, 0.2) is 0 Å². The van der Waals surface area contributed by atoms with Crippen LogP contribution in [0.4, 0.5) is 10.1 Å². The van der Waals surface area contributed by atoms with Crippen LogP contribution in [0.2, 0.25) is 0 Å². The number of carbonyl (C=O) groups excluding carboxylic acids is 2. The van der Waals surface area contributed by atoms with E-state index in [1.54, 1.807) is 36.3 Å². The third kappa shape index (κ3) is 4.83. The monoisotopic (exact) mass is 371 g/mol. The van der Waals surface area contributed by atoms with Crippen LogP contribution in [0.15, 0.2) is 48.5 Å². The number of hydrogen-bond donors (Lipinski definition) is 1. The quantitative estimate of drug-likeness (QED) is 0.876. The van der Waals surface area contributed by atoms with Crippen LogP contribution in [0.25, 0.3) is 0 Å². The standard InChI is InChI=1S/C20H22FN3O3/c1-27-16-6-4-5-15(13-16)22-19(25)14-23-9-11-24(12-10-23)20(26)17-7-2-3-8-18(17)21/h2-8,13H,9-12,14H2,1H3,(H,22,25). The average molecular weight is 371 g/mol. The summed E-state index contributed by atoms with van der Waals surface area (Å²) in [7, 11) is 1.57. The number of halogens is 1. The second-order valence-corrected chi connectivity index (χ2v) is 6.33. The minimum Gasteiger partial charge on any atom is -0.497 e. The molecule has 0 aliphatic carbocycles. The number of hydrogen-bond acceptors (Lipinski definition) is 4. The summed E-state index contributed by atoms with van der Waals surface area (Å²) < 4.78 is 18.9. The molecule has 1 aliphatic heterocycles. The minimum atomic E-state index is -0.511. The van der Waals surface area contributed by atoms with Gasteiger partial charge >= 0.3 is 0 Å². The first-order valence-corrected chi connectivity index (χ1v) is 8.77. The molecule has 0 aromatic heterocycles. The maximum atomic E-state index is 13.8. The van der Waals surface area contributed by atoms with Crippen molar-refractivity contribution in [2.24, 2.45) is 0 Å². The number of ether oxygens (including phenoxy) is 1. The first-order valence-electron chi connectivity index (χ1n) is 8.77. The third-order valence-corrected chi connectivity index (χ3v) is 4.48. The van der Waals surface area contributed by atoms with Crippen LogP contribution < -0.4 is 10.1 Å². The van der Waals surface area contributed by atoms with E-state index in [-0.39, 0.29) is 23.9 Å². The van der Waals surface area contributed by atoms with Gasteiger partial charge in [-0.05, 0) is 24.3 Å². The second kappa shape index (κ2) is 8.64. The average Bonchev–Trinajstić information content (AvgIpc) is 2.68. The lowest BCUT2D eigenvalue weighted by Gasteiger charge is -2.34. The van der Waals surface area contributed by atoms with Gasteiger partial charge in [0.2, 0.25) is 5.91 Å². The Morgan fingerprint density at radius 3 is 2.52 bits per heavy atom. The molecule has 3 rings (SSSR count). The van der Waals surface area contributed by atoms with Gasteiger partial charge in [0.25, 0.3) is 5.91 Å². The molecule has 1 fully saturated rings. The summed E-state index contributed by atoms with van der Waals surface area (Å²) in [5.74, 6) is -0.276. The predicted octanol–water partition coefficient (Wildman–Crippen LogP) is 2.23. The van der Waals surface area contributed by atoms with E-state index in [1.165, 1.54) is 12.1 Å². The molecule has 0 spiro atoms. The van der Waals surface area contributed by atoms with E-state index in [9.17, 15) is 14.0 Å². The van der Waals surface area contributed by atoms with E-state index < -0.39 is 5.82 Å². The van der Waals surface area contributed by atoms with E-state index in [0.29, 0.717) is 37.6 Å². The second-order valence-electron chi connectivity index (χ2n) is 6.33. The van der Waals surface area contributed by atoms with Crippen molar-refractivity contribution < 1.29 is 18.7 Å². The molecule has 2 aromatic carbocycles. The molecule has 2 aromatic rings. The number of anilines is 1. The zero-order valence-electron chi connectivity index (χ0n) is 15.2. The SMILES string of the molecule is COc1cccc(NC(=O)CN2CCN(C(=O)c3ccccc3F)CC2)c1. The highest BCUT2D eigenvalue weighted by Gasteiger charge is 2.24. The van der Waals surface area contributed by atoms with Crippen molar-refractivity contribution in [2.75, 3.05) is 45.2 Å². The zero-order valence-corrected chi connectivity index (χ0v) is 15.2. The lowest BCUT2D eigenvalue weighted by Crippen LogP contribution is -2.50. The van der Waals surface area contributed by atoms with Crippen LogP contribution in [0.5, 0.6) is 5.75 Å². The summed E-state index contributed by atoms with van der Waals surface area (Å²) >= 11 is 0. The van der Waals surface area contributed by atoms with Crippen molar-refractivity contribution in [1.29, 1.82) is 0 Å². The Bertz CT molecular complexity index is 820. The van der Waals surface area contributed by atoms with Crippen molar-refractivity contribution >= 4 is 17.5 Å². The van der Waals surface area contributed by atoms with Crippen LogP contribution in [-0.4, -0.2) is 61.4 Å². The highest BCUT2D eigenvalue weighted by molar-refractivity contribution is 5.94. The molecule has 0 atom stereocenters. The summed E-state index contributed by atoms with van der Waals surface area (Å²) in [5.41, 5.74) is 0.759. The molecule has 0 saturated carbocycles. The van der Waals surface area contributed by atoms with Crippen LogP contribution in [0.1, 0.15) is 10.4 Å². The number of nitrogens with zero attached hydrogens (tertiary/aromatic N) is 2. The highest BCUT2D eigenvalue weighted by Crippen LogP contribution is 2.17. The van der Waals surface area contributed by atoms with E-state index in [2.05, 4.69) is 5.32 Å². The highest BCUT2D eigenvalue weighted by atomic mass is 19.1. The number of rotatable bonds is 5. The van der Waals surface area contributed by atoms with Gasteiger partial charge in [-0.15, -0.1) is 0 Å². The lowest BCUT2D eigenvalue weighted by molar-refractivity contribution is -0.117. The Hall–Kier alpha value is -2.93. The Morgan fingerprint density at radius 2 is 1.81 bits per heavy atom. The largest absolute Gasteiger partial charge is 0.497 e. The van der Waals surface area contributed by atoms with Gasteiger partial charge in [-0.2, -0.15) is 0 Å². The first kappa shape index (κ1) is 18.8. The number of benzene rings is 2. The summed E-state index contributed by atoms with van der Waals surface area (Å²) in [5, 5.41) is 2.84. The minimum absolute atomic E-state index is 0.0849. The fraction of sp³-hybridized carbons (Fsp3) is 0.300. The van der Waals surface area contributed by atoms with Gasteiger partial charge in [-0.25, -0.2) is 4.39 Å². The molecular formula is C20H22FN3O3. The number of methoxy groups -OCH3 is 1. The molecule has 0 bridgehead atoms. The normalized spacial score (nSPS) is 14.7. The van der Waals surface area contributed by atoms with Gasteiger partial charge in [0.05, 0.1) is 19.2 Å². The van der Waals surface area contributed by atoms with Crippen LogP contribution in [-0.2, 0) is 4.79 Å². The molecule has 0 radical (unpaired) electrons. The lowest BCUT2D eigenvalue weighted by atomic mass is 10.1. The fourth-order valence-corrected chi connectivity index (χ4v) is 3.02.